The molecule has 3 N–H and O–H groups in total. The lowest BCUT2D eigenvalue weighted by Crippen LogP contribution is -2.54. The molecular formula is C36H32N4O6. The van der Waals surface area contributed by atoms with Crippen molar-refractivity contribution in [1.82, 2.24) is 20.9 Å². The SMILES string of the molecule is CC(C)(C(=O)NCc1ccc(CNC(=O)c2ccc3c(c2)C(=O)N(C2CCC(=O)NC2=O)C3=O)cc1)c1cccc2ccccc12. The van der Waals surface area contributed by atoms with Crippen LogP contribution in [0.15, 0.2) is 84.9 Å². The number of benzene rings is 4. The number of carbonyl (C=O) groups excluding carboxylic acids is 6. The molecule has 0 spiro atoms. The summed E-state index contributed by atoms with van der Waals surface area (Å²) in [6.07, 6.45) is 0.0783. The van der Waals surface area contributed by atoms with Crippen LogP contribution in [0.4, 0.5) is 0 Å². The van der Waals surface area contributed by atoms with E-state index in [9.17, 15) is 28.8 Å². The van der Waals surface area contributed by atoms with Gasteiger partial charge in [0.1, 0.15) is 6.04 Å². The predicted molar refractivity (Wildman–Crippen MR) is 170 cm³/mol. The Morgan fingerprint density at radius 1 is 0.804 bits per heavy atom. The van der Waals surface area contributed by atoms with Crippen LogP contribution in [0.1, 0.15) is 74.5 Å². The monoisotopic (exact) mass is 616 g/mol. The van der Waals surface area contributed by atoms with E-state index in [0.29, 0.717) is 6.54 Å². The van der Waals surface area contributed by atoms with Crippen molar-refractivity contribution in [2.45, 2.75) is 51.2 Å². The first-order chi connectivity index (χ1) is 22.0. The number of amides is 6. The lowest BCUT2D eigenvalue weighted by molar-refractivity contribution is -0.136. The summed E-state index contributed by atoms with van der Waals surface area (Å²) in [7, 11) is 0. The number of hydrogen-bond acceptors (Lipinski definition) is 6. The maximum atomic E-state index is 13.3. The molecule has 1 atom stereocenters. The second-order valence-corrected chi connectivity index (χ2v) is 12.0. The molecule has 6 amide bonds. The van der Waals surface area contributed by atoms with Crippen molar-refractivity contribution in [2.24, 2.45) is 0 Å². The van der Waals surface area contributed by atoms with Crippen LogP contribution < -0.4 is 16.0 Å². The minimum atomic E-state index is -1.07. The van der Waals surface area contributed by atoms with E-state index in [-0.39, 0.29) is 42.0 Å². The van der Waals surface area contributed by atoms with E-state index in [4.69, 9.17) is 0 Å². The van der Waals surface area contributed by atoms with Crippen LogP contribution in [0, 0.1) is 0 Å². The van der Waals surface area contributed by atoms with Gasteiger partial charge in [0, 0.05) is 25.1 Å². The summed E-state index contributed by atoms with van der Waals surface area (Å²) in [6.45, 7) is 4.39. The van der Waals surface area contributed by atoms with Crippen LogP contribution in [0.5, 0.6) is 0 Å². The normalized spacial score (nSPS) is 16.3. The first-order valence-corrected chi connectivity index (χ1v) is 15.0. The molecule has 0 radical (unpaired) electrons. The van der Waals surface area contributed by atoms with Gasteiger partial charge in [0.15, 0.2) is 0 Å². The third-order valence-electron chi connectivity index (χ3n) is 8.66. The first-order valence-electron chi connectivity index (χ1n) is 15.0. The summed E-state index contributed by atoms with van der Waals surface area (Å²) in [4.78, 5) is 76.9. The van der Waals surface area contributed by atoms with Crippen molar-refractivity contribution in [3.63, 3.8) is 0 Å². The van der Waals surface area contributed by atoms with E-state index in [1.165, 1.54) is 18.2 Å². The molecule has 0 aliphatic carbocycles. The maximum Gasteiger partial charge on any atom is 0.262 e. The standard InChI is InChI=1S/C36H32N4O6/c1-36(2,28-9-5-7-23-6-3-4-8-25(23)28)35(46)38-20-22-12-10-21(11-13-22)19-37-31(42)24-14-15-26-27(18-24)34(45)40(33(26)44)29-16-17-30(41)39-32(29)43/h3-15,18,29H,16-17,19-20H2,1-2H3,(H,37,42)(H,38,46)(H,39,41,43). The van der Waals surface area contributed by atoms with Crippen molar-refractivity contribution in [1.29, 1.82) is 0 Å². The number of nitrogens with zero attached hydrogens (tertiary/aromatic N) is 1. The van der Waals surface area contributed by atoms with Gasteiger partial charge in [0.25, 0.3) is 17.7 Å². The largest absolute Gasteiger partial charge is 0.351 e. The van der Waals surface area contributed by atoms with Crippen LogP contribution in [0.2, 0.25) is 0 Å². The van der Waals surface area contributed by atoms with Crippen LogP contribution in [-0.4, -0.2) is 46.4 Å². The lowest BCUT2D eigenvalue weighted by Gasteiger charge is -2.27. The summed E-state index contributed by atoms with van der Waals surface area (Å²) in [5.74, 6) is -2.97. The lowest BCUT2D eigenvalue weighted by atomic mass is 9.81. The highest BCUT2D eigenvalue weighted by Gasteiger charge is 2.44. The van der Waals surface area contributed by atoms with Gasteiger partial charge in [0.05, 0.1) is 16.5 Å². The molecule has 4 aromatic carbocycles. The highest BCUT2D eigenvalue weighted by Crippen LogP contribution is 2.31. The Balaban J connectivity index is 1.05. The van der Waals surface area contributed by atoms with Gasteiger partial charge < -0.3 is 10.6 Å². The van der Waals surface area contributed by atoms with E-state index in [1.54, 1.807) is 0 Å². The second kappa shape index (κ2) is 12.0. The fraction of sp³-hybridized carbons (Fsp3) is 0.222. The van der Waals surface area contributed by atoms with E-state index in [2.05, 4.69) is 16.0 Å². The quantitative estimate of drug-likeness (QED) is 0.258. The molecule has 0 aromatic heterocycles. The number of hydrogen-bond donors (Lipinski definition) is 3. The van der Waals surface area contributed by atoms with Crippen LogP contribution in [-0.2, 0) is 32.9 Å². The Kier molecular flexibility index (Phi) is 7.95. The molecule has 2 heterocycles. The van der Waals surface area contributed by atoms with E-state index >= 15 is 0 Å². The van der Waals surface area contributed by atoms with Crippen molar-refractivity contribution in [3.05, 3.63) is 118 Å². The molecule has 0 saturated carbocycles. The Labute approximate surface area is 265 Å². The van der Waals surface area contributed by atoms with Gasteiger partial charge in [-0.1, -0.05) is 66.7 Å². The Morgan fingerprint density at radius 3 is 2.17 bits per heavy atom. The van der Waals surface area contributed by atoms with Gasteiger partial charge in [-0.15, -0.1) is 0 Å². The molecule has 0 bridgehead atoms. The molecule has 4 aromatic rings. The molecule has 232 valence electrons. The van der Waals surface area contributed by atoms with Gasteiger partial charge in [-0.2, -0.15) is 0 Å². The maximum absolute atomic E-state index is 13.3. The number of nitrogens with one attached hydrogen (secondary N) is 3. The summed E-state index contributed by atoms with van der Waals surface area (Å²) >= 11 is 0. The van der Waals surface area contributed by atoms with Gasteiger partial charge in [0.2, 0.25) is 17.7 Å². The second-order valence-electron chi connectivity index (χ2n) is 12.0. The summed E-state index contributed by atoms with van der Waals surface area (Å²) < 4.78 is 0. The number of piperidine rings is 1. The van der Waals surface area contributed by atoms with E-state index in [0.717, 1.165) is 32.4 Å². The molecule has 46 heavy (non-hydrogen) atoms. The fourth-order valence-corrected chi connectivity index (χ4v) is 5.97. The van der Waals surface area contributed by atoms with Crippen LogP contribution >= 0.6 is 0 Å². The minimum Gasteiger partial charge on any atom is -0.351 e. The molecule has 1 saturated heterocycles. The van der Waals surface area contributed by atoms with Gasteiger partial charge in [-0.3, -0.25) is 39.0 Å². The summed E-state index contributed by atoms with van der Waals surface area (Å²) in [6, 6.07) is 24.6. The van der Waals surface area contributed by atoms with Gasteiger partial charge in [-0.25, -0.2) is 0 Å². The number of imide groups is 2. The zero-order valence-electron chi connectivity index (χ0n) is 25.4. The molecular weight excluding hydrogens is 584 g/mol. The Hall–Kier alpha value is -5.64. The Morgan fingerprint density at radius 2 is 1.46 bits per heavy atom. The molecule has 6 rings (SSSR count). The number of rotatable bonds is 8. The average molecular weight is 617 g/mol. The smallest absolute Gasteiger partial charge is 0.262 e. The topological polar surface area (TPSA) is 142 Å². The third kappa shape index (κ3) is 5.65. The van der Waals surface area contributed by atoms with Crippen molar-refractivity contribution >= 4 is 46.2 Å². The van der Waals surface area contributed by atoms with Crippen molar-refractivity contribution in [3.8, 4) is 0 Å². The fourth-order valence-electron chi connectivity index (χ4n) is 5.97. The minimum absolute atomic E-state index is 0.0250. The predicted octanol–water partition coefficient (Wildman–Crippen LogP) is 3.77. The Bertz CT molecular complexity index is 1930. The van der Waals surface area contributed by atoms with Crippen molar-refractivity contribution < 1.29 is 28.8 Å². The molecule has 2 aliphatic heterocycles. The molecule has 2 aliphatic rings. The highest BCUT2D eigenvalue weighted by atomic mass is 16.2. The van der Waals surface area contributed by atoms with Crippen molar-refractivity contribution in [2.75, 3.05) is 0 Å². The van der Waals surface area contributed by atoms with E-state index < -0.39 is 41.0 Å². The van der Waals surface area contributed by atoms with E-state index in [1.807, 2.05) is 80.6 Å². The molecule has 10 heteroatoms. The molecule has 1 fully saturated rings. The summed E-state index contributed by atoms with van der Waals surface area (Å²) in [5.41, 5.74) is 2.28. The molecule has 10 nitrogen and oxygen atoms in total. The molecule has 1 unspecified atom stereocenters. The van der Waals surface area contributed by atoms with Crippen LogP contribution in [0.3, 0.4) is 0 Å². The van der Waals surface area contributed by atoms with Gasteiger partial charge in [-0.05, 0) is 65.9 Å². The zero-order chi connectivity index (χ0) is 32.6. The number of fused-ring (bicyclic) bond motifs is 2. The highest BCUT2D eigenvalue weighted by molar-refractivity contribution is 6.24. The van der Waals surface area contributed by atoms with Gasteiger partial charge >= 0.3 is 0 Å². The average Bonchev–Trinajstić information content (AvgIpc) is 3.31. The number of carbonyl (C=O) groups is 6. The zero-order valence-corrected chi connectivity index (χ0v) is 25.4. The summed E-state index contributed by atoms with van der Waals surface area (Å²) in [5, 5.41) is 10.2. The van der Waals surface area contributed by atoms with Crippen LogP contribution in [0.25, 0.3) is 10.8 Å². The first kappa shape index (κ1) is 30.4. The third-order valence-corrected chi connectivity index (χ3v) is 8.66.